The highest BCUT2D eigenvalue weighted by Crippen LogP contribution is 2.25. The van der Waals surface area contributed by atoms with E-state index < -0.39 is 0 Å². The Hall–Kier alpha value is -1.38. The second kappa shape index (κ2) is 6.87. The maximum absolute atomic E-state index is 6.10. The van der Waals surface area contributed by atoms with Gasteiger partial charge < -0.3 is 10.6 Å². The van der Waals surface area contributed by atoms with Crippen LogP contribution in [-0.4, -0.2) is 13.1 Å². The van der Waals surface area contributed by atoms with Gasteiger partial charge in [-0.05, 0) is 55.3 Å². The van der Waals surface area contributed by atoms with Crippen LogP contribution in [0.25, 0.3) is 0 Å². The second-order valence-corrected chi connectivity index (χ2v) is 5.70. The van der Waals surface area contributed by atoms with Crippen molar-refractivity contribution in [1.82, 2.24) is 0 Å². The van der Waals surface area contributed by atoms with Gasteiger partial charge in [-0.3, -0.25) is 0 Å². The van der Waals surface area contributed by atoms with Gasteiger partial charge in [-0.25, -0.2) is 0 Å². The fourth-order valence-electron chi connectivity index (χ4n) is 2.11. The van der Waals surface area contributed by atoms with Crippen LogP contribution in [0.2, 0.25) is 10.0 Å². The SMILES string of the molecule is Cc1cc(C)cc(NCCNc2ccc(Cl)cc2Cl)c1. The third-order valence-corrected chi connectivity index (χ3v) is 3.47. The molecule has 0 radical (unpaired) electrons. The van der Waals surface area contributed by atoms with Crippen LogP contribution < -0.4 is 10.6 Å². The molecule has 4 heteroatoms. The van der Waals surface area contributed by atoms with Crippen LogP contribution in [0, 0.1) is 13.8 Å². The van der Waals surface area contributed by atoms with Gasteiger partial charge in [0.25, 0.3) is 0 Å². The number of aryl methyl sites for hydroxylation is 2. The highest BCUT2D eigenvalue weighted by Gasteiger charge is 2.00. The molecule has 2 rings (SSSR count). The highest BCUT2D eigenvalue weighted by atomic mass is 35.5. The predicted molar refractivity (Wildman–Crippen MR) is 89.4 cm³/mol. The summed E-state index contributed by atoms with van der Waals surface area (Å²) in [5.74, 6) is 0. The Bertz CT molecular complexity index is 577. The summed E-state index contributed by atoms with van der Waals surface area (Å²) >= 11 is 12.0. The van der Waals surface area contributed by atoms with Crippen LogP contribution in [-0.2, 0) is 0 Å². The number of nitrogens with one attached hydrogen (secondary N) is 2. The van der Waals surface area contributed by atoms with E-state index in [0.717, 1.165) is 24.5 Å². The van der Waals surface area contributed by atoms with Crippen molar-refractivity contribution in [3.05, 3.63) is 57.6 Å². The average molecular weight is 309 g/mol. The minimum Gasteiger partial charge on any atom is -0.383 e. The number of halogens is 2. The number of anilines is 2. The third kappa shape index (κ3) is 4.32. The minimum atomic E-state index is 0.643. The van der Waals surface area contributed by atoms with E-state index in [-0.39, 0.29) is 0 Å². The number of hydrogen-bond donors (Lipinski definition) is 2. The molecule has 0 spiro atoms. The summed E-state index contributed by atoms with van der Waals surface area (Å²) in [4.78, 5) is 0. The Morgan fingerprint density at radius 3 is 2.15 bits per heavy atom. The molecular formula is C16H18Cl2N2. The molecule has 2 N–H and O–H groups in total. The lowest BCUT2D eigenvalue weighted by molar-refractivity contribution is 1.08. The van der Waals surface area contributed by atoms with Gasteiger partial charge >= 0.3 is 0 Å². The van der Waals surface area contributed by atoms with Gasteiger partial charge in [-0.1, -0.05) is 29.3 Å². The topological polar surface area (TPSA) is 24.1 Å². The molecule has 0 aliphatic heterocycles. The fraction of sp³-hybridized carbons (Fsp3) is 0.250. The van der Waals surface area contributed by atoms with Gasteiger partial charge in [0.15, 0.2) is 0 Å². The molecule has 0 saturated heterocycles. The molecule has 106 valence electrons. The van der Waals surface area contributed by atoms with Crippen LogP contribution in [0.5, 0.6) is 0 Å². The van der Waals surface area contributed by atoms with E-state index >= 15 is 0 Å². The van der Waals surface area contributed by atoms with E-state index in [4.69, 9.17) is 23.2 Å². The van der Waals surface area contributed by atoms with Crippen molar-refractivity contribution in [1.29, 1.82) is 0 Å². The van der Waals surface area contributed by atoms with Gasteiger partial charge in [0, 0.05) is 23.8 Å². The first kappa shape index (κ1) is 15.0. The molecule has 0 aromatic heterocycles. The molecule has 0 atom stereocenters. The molecule has 2 nitrogen and oxygen atoms in total. The van der Waals surface area contributed by atoms with Crippen LogP contribution in [0.4, 0.5) is 11.4 Å². The van der Waals surface area contributed by atoms with E-state index in [9.17, 15) is 0 Å². The van der Waals surface area contributed by atoms with E-state index in [1.165, 1.54) is 11.1 Å². The van der Waals surface area contributed by atoms with Crippen molar-refractivity contribution < 1.29 is 0 Å². The normalized spacial score (nSPS) is 10.4. The zero-order valence-corrected chi connectivity index (χ0v) is 13.1. The van der Waals surface area contributed by atoms with Gasteiger partial charge in [-0.2, -0.15) is 0 Å². The molecule has 2 aromatic rings. The molecule has 0 saturated carbocycles. The Balaban J connectivity index is 1.84. The van der Waals surface area contributed by atoms with Gasteiger partial charge in [0.2, 0.25) is 0 Å². The molecule has 0 aliphatic carbocycles. The Morgan fingerprint density at radius 2 is 1.50 bits per heavy atom. The lowest BCUT2D eigenvalue weighted by atomic mass is 10.1. The monoisotopic (exact) mass is 308 g/mol. The molecular weight excluding hydrogens is 291 g/mol. The largest absolute Gasteiger partial charge is 0.383 e. The molecule has 0 fully saturated rings. The van der Waals surface area contributed by atoms with Crippen molar-refractivity contribution >= 4 is 34.6 Å². The van der Waals surface area contributed by atoms with Gasteiger partial charge in [-0.15, -0.1) is 0 Å². The van der Waals surface area contributed by atoms with Crippen molar-refractivity contribution in [2.75, 3.05) is 23.7 Å². The zero-order chi connectivity index (χ0) is 14.5. The third-order valence-electron chi connectivity index (χ3n) is 2.92. The van der Waals surface area contributed by atoms with E-state index in [1.54, 1.807) is 6.07 Å². The number of hydrogen-bond acceptors (Lipinski definition) is 2. The zero-order valence-electron chi connectivity index (χ0n) is 11.6. The quantitative estimate of drug-likeness (QED) is 0.748. The highest BCUT2D eigenvalue weighted by molar-refractivity contribution is 6.36. The Labute approximate surface area is 130 Å². The number of rotatable bonds is 5. The molecule has 20 heavy (non-hydrogen) atoms. The lowest BCUT2D eigenvalue weighted by Gasteiger charge is -2.11. The van der Waals surface area contributed by atoms with Crippen LogP contribution in [0.1, 0.15) is 11.1 Å². The molecule has 2 aromatic carbocycles. The van der Waals surface area contributed by atoms with E-state index in [0.29, 0.717) is 10.0 Å². The maximum atomic E-state index is 6.10. The van der Waals surface area contributed by atoms with Gasteiger partial charge in [0.05, 0.1) is 10.7 Å². The summed E-state index contributed by atoms with van der Waals surface area (Å²) in [6.45, 7) is 5.81. The summed E-state index contributed by atoms with van der Waals surface area (Å²) < 4.78 is 0. The van der Waals surface area contributed by atoms with Crippen molar-refractivity contribution in [2.45, 2.75) is 13.8 Å². The minimum absolute atomic E-state index is 0.643. The van der Waals surface area contributed by atoms with Crippen molar-refractivity contribution in [3.63, 3.8) is 0 Å². The van der Waals surface area contributed by atoms with Gasteiger partial charge in [0.1, 0.15) is 0 Å². The van der Waals surface area contributed by atoms with Crippen molar-refractivity contribution in [2.24, 2.45) is 0 Å². The summed E-state index contributed by atoms with van der Waals surface area (Å²) in [6, 6.07) is 11.9. The molecule has 0 aliphatic rings. The van der Waals surface area contributed by atoms with E-state index in [2.05, 4.69) is 42.7 Å². The summed E-state index contributed by atoms with van der Waals surface area (Å²) in [5.41, 5.74) is 4.58. The van der Waals surface area contributed by atoms with Crippen LogP contribution in [0.3, 0.4) is 0 Å². The first-order chi connectivity index (χ1) is 9.54. The van der Waals surface area contributed by atoms with Crippen LogP contribution >= 0.6 is 23.2 Å². The predicted octanol–water partition coefficient (Wildman–Crippen LogP) is 5.13. The molecule has 0 bridgehead atoms. The lowest BCUT2D eigenvalue weighted by Crippen LogP contribution is -2.13. The summed E-state index contributed by atoms with van der Waals surface area (Å²) in [7, 11) is 0. The molecule has 0 heterocycles. The standard InChI is InChI=1S/C16H18Cl2N2/c1-11-7-12(2)9-14(8-11)19-5-6-20-16-4-3-13(17)10-15(16)18/h3-4,7-10,19-20H,5-6H2,1-2H3. The fourth-order valence-corrected chi connectivity index (χ4v) is 2.59. The van der Waals surface area contributed by atoms with E-state index in [1.807, 2.05) is 12.1 Å². The summed E-state index contributed by atoms with van der Waals surface area (Å²) in [6.07, 6.45) is 0. The molecule has 0 unspecified atom stereocenters. The second-order valence-electron chi connectivity index (χ2n) is 4.85. The Morgan fingerprint density at radius 1 is 0.850 bits per heavy atom. The first-order valence-corrected chi connectivity index (χ1v) is 7.31. The molecule has 0 amide bonds. The van der Waals surface area contributed by atoms with Crippen molar-refractivity contribution in [3.8, 4) is 0 Å². The maximum Gasteiger partial charge on any atom is 0.0652 e. The smallest absolute Gasteiger partial charge is 0.0652 e. The first-order valence-electron chi connectivity index (χ1n) is 6.56. The number of benzene rings is 2. The summed E-state index contributed by atoms with van der Waals surface area (Å²) in [5, 5.41) is 7.97. The average Bonchev–Trinajstić information content (AvgIpc) is 2.35. The Kier molecular flexibility index (Phi) is 5.16. The van der Waals surface area contributed by atoms with Crippen LogP contribution in [0.15, 0.2) is 36.4 Å².